The Morgan fingerprint density at radius 3 is 2.27 bits per heavy atom. The molecule has 9 heteroatoms. The van der Waals surface area contributed by atoms with E-state index in [0.717, 1.165) is 21.4 Å². The number of hydrogen-bond acceptors (Lipinski definition) is 8. The predicted octanol–water partition coefficient (Wildman–Crippen LogP) is 5.25. The summed E-state index contributed by atoms with van der Waals surface area (Å²) < 4.78 is 22.8. The first-order chi connectivity index (χ1) is 15.9. The van der Waals surface area contributed by atoms with E-state index in [1.807, 2.05) is 31.2 Å². The first-order valence-corrected chi connectivity index (χ1v) is 12.1. The molecule has 0 saturated carbocycles. The summed E-state index contributed by atoms with van der Waals surface area (Å²) in [7, 11) is 4.66. The summed E-state index contributed by atoms with van der Waals surface area (Å²) in [5.74, 6) is 1.77. The number of esters is 1. The van der Waals surface area contributed by atoms with Gasteiger partial charge in [-0.25, -0.2) is 9.79 Å². The number of amidine groups is 1. The minimum Gasteiger partial charge on any atom is -0.493 e. The van der Waals surface area contributed by atoms with E-state index in [1.165, 1.54) is 0 Å². The highest BCUT2D eigenvalue weighted by Gasteiger charge is 2.32. The number of methoxy groups -OCH3 is 3. The highest BCUT2D eigenvalue weighted by Crippen LogP contribution is 2.43. The van der Waals surface area contributed by atoms with Crippen molar-refractivity contribution in [3.63, 3.8) is 0 Å². The predicted molar refractivity (Wildman–Crippen MR) is 134 cm³/mol. The number of carbonyl (C=O) groups excluding carboxylic acids is 1. The van der Waals surface area contributed by atoms with Gasteiger partial charge in [0.2, 0.25) is 5.75 Å². The molecule has 2 aromatic carbocycles. The highest BCUT2D eigenvalue weighted by atomic mass is 79.9. The molecule has 3 rings (SSSR count). The number of ether oxygens (including phenoxy) is 4. The molecule has 2 aromatic rings. The number of halogens is 1. The second-order valence-electron chi connectivity index (χ2n) is 7.09. The minimum atomic E-state index is -0.591. The van der Waals surface area contributed by atoms with Crippen molar-refractivity contribution in [2.45, 2.75) is 25.6 Å². The van der Waals surface area contributed by atoms with Gasteiger partial charge in [-0.3, -0.25) is 0 Å². The Balaban J connectivity index is 2.01. The van der Waals surface area contributed by atoms with Crippen molar-refractivity contribution in [3.8, 4) is 17.2 Å². The van der Waals surface area contributed by atoms with Crippen molar-refractivity contribution in [1.82, 2.24) is 5.32 Å². The van der Waals surface area contributed by atoms with E-state index in [9.17, 15) is 4.79 Å². The molecule has 0 spiro atoms. The number of allylic oxidation sites excluding steroid dienone is 1. The van der Waals surface area contributed by atoms with Gasteiger partial charge < -0.3 is 24.3 Å². The lowest BCUT2D eigenvalue weighted by Gasteiger charge is -2.26. The second kappa shape index (κ2) is 11.5. The maximum absolute atomic E-state index is 12.9. The van der Waals surface area contributed by atoms with E-state index >= 15 is 0 Å². The molecule has 1 atom stereocenters. The van der Waals surface area contributed by atoms with Gasteiger partial charge in [-0.05, 0) is 49.2 Å². The van der Waals surface area contributed by atoms with E-state index in [4.69, 9.17) is 23.9 Å². The molecule has 0 saturated heterocycles. The summed E-state index contributed by atoms with van der Waals surface area (Å²) in [6, 6.07) is 11.2. The number of thioether (sulfide) groups is 1. The van der Waals surface area contributed by atoms with Crippen molar-refractivity contribution in [2.75, 3.05) is 27.9 Å². The molecule has 0 bridgehead atoms. The van der Waals surface area contributed by atoms with Crippen LogP contribution in [0, 0.1) is 0 Å². The third kappa shape index (κ3) is 5.83. The summed E-state index contributed by atoms with van der Waals surface area (Å²) in [5, 5.41) is 3.97. The molecule has 0 amide bonds. The SMILES string of the molecule is CCOC(=O)C1=C(C)NC(SCc2ccc(Br)cc2)=N[C@@H]1c1cc(OC)c(OC)c(OC)c1. The van der Waals surface area contributed by atoms with Gasteiger partial charge in [0, 0.05) is 15.9 Å². The summed E-state index contributed by atoms with van der Waals surface area (Å²) in [5.41, 5.74) is 3.03. The van der Waals surface area contributed by atoms with Crippen LogP contribution in [0.3, 0.4) is 0 Å². The van der Waals surface area contributed by atoms with Crippen LogP contribution in [0.2, 0.25) is 0 Å². The highest BCUT2D eigenvalue weighted by molar-refractivity contribution is 9.10. The van der Waals surface area contributed by atoms with Gasteiger partial charge in [0.1, 0.15) is 6.04 Å². The number of rotatable bonds is 8. The number of hydrogen-bond donors (Lipinski definition) is 1. The molecule has 0 fully saturated rings. The molecule has 0 radical (unpaired) electrons. The maximum Gasteiger partial charge on any atom is 0.338 e. The molecule has 1 heterocycles. The van der Waals surface area contributed by atoms with Gasteiger partial charge in [-0.15, -0.1) is 0 Å². The topological polar surface area (TPSA) is 78.4 Å². The Labute approximate surface area is 206 Å². The monoisotopic (exact) mass is 534 g/mol. The zero-order valence-corrected chi connectivity index (χ0v) is 21.6. The molecule has 176 valence electrons. The molecule has 0 aromatic heterocycles. The fraction of sp³-hybridized carbons (Fsp3) is 0.333. The smallest absolute Gasteiger partial charge is 0.338 e. The van der Waals surface area contributed by atoms with Crippen LogP contribution in [0.15, 0.2) is 57.1 Å². The van der Waals surface area contributed by atoms with Gasteiger partial charge in [-0.1, -0.05) is 39.8 Å². The zero-order valence-electron chi connectivity index (χ0n) is 19.2. The van der Waals surface area contributed by atoms with Crippen LogP contribution in [0.4, 0.5) is 0 Å². The number of carbonyl (C=O) groups is 1. The maximum atomic E-state index is 12.9. The van der Waals surface area contributed by atoms with E-state index in [0.29, 0.717) is 33.7 Å². The molecule has 0 aliphatic carbocycles. The number of nitrogens with zero attached hydrogens (tertiary/aromatic N) is 1. The van der Waals surface area contributed by atoms with Crippen LogP contribution in [0.25, 0.3) is 0 Å². The van der Waals surface area contributed by atoms with Gasteiger partial charge in [0.05, 0.1) is 33.5 Å². The van der Waals surface area contributed by atoms with Crippen LogP contribution in [0.5, 0.6) is 17.2 Å². The van der Waals surface area contributed by atoms with Crippen molar-refractivity contribution < 1.29 is 23.7 Å². The lowest BCUT2D eigenvalue weighted by molar-refractivity contribution is -0.138. The Morgan fingerprint density at radius 2 is 1.73 bits per heavy atom. The molecule has 1 aliphatic heterocycles. The minimum absolute atomic E-state index is 0.270. The largest absolute Gasteiger partial charge is 0.493 e. The summed E-state index contributed by atoms with van der Waals surface area (Å²) >= 11 is 5.02. The number of nitrogens with one attached hydrogen (secondary N) is 1. The summed E-state index contributed by atoms with van der Waals surface area (Å²) in [4.78, 5) is 17.7. The first-order valence-electron chi connectivity index (χ1n) is 10.3. The van der Waals surface area contributed by atoms with E-state index < -0.39 is 12.0 Å². The summed E-state index contributed by atoms with van der Waals surface area (Å²) in [6.45, 7) is 3.90. The number of benzene rings is 2. The average molecular weight is 535 g/mol. The standard InChI is InChI=1S/C24H27BrN2O5S/c1-6-32-23(28)20-14(2)26-24(33-13-15-7-9-17(25)10-8-15)27-21(20)16-11-18(29-3)22(31-5)19(12-16)30-4/h7-12,21H,6,13H2,1-5H3,(H,26,27)/t21-/m1/s1. The van der Waals surface area contributed by atoms with Crippen LogP contribution >= 0.6 is 27.7 Å². The Hall–Kier alpha value is -2.65. The van der Waals surface area contributed by atoms with E-state index in [2.05, 4.69) is 33.4 Å². The molecular weight excluding hydrogens is 508 g/mol. The average Bonchev–Trinajstić information content (AvgIpc) is 2.82. The number of aliphatic imine (C=N–C) groups is 1. The quantitative estimate of drug-likeness (QED) is 0.463. The third-order valence-corrected chi connectivity index (χ3v) is 6.49. The molecular formula is C24H27BrN2O5S. The van der Waals surface area contributed by atoms with Crippen molar-refractivity contribution in [3.05, 3.63) is 63.3 Å². The molecule has 33 heavy (non-hydrogen) atoms. The van der Waals surface area contributed by atoms with Crippen LogP contribution in [0.1, 0.15) is 31.0 Å². The first kappa shape index (κ1) is 25.0. The van der Waals surface area contributed by atoms with Gasteiger partial charge in [0.15, 0.2) is 16.7 Å². The third-order valence-electron chi connectivity index (χ3n) is 5.01. The second-order valence-corrected chi connectivity index (χ2v) is 8.97. The molecule has 1 N–H and O–H groups in total. The fourth-order valence-electron chi connectivity index (χ4n) is 3.43. The van der Waals surface area contributed by atoms with Crippen molar-refractivity contribution in [2.24, 2.45) is 4.99 Å². The summed E-state index contributed by atoms with van der Waals surface area (Å²) in [6.07, 6.45) is 0. The lowest BCUT2D eigenvalue weighted by atomic mass is 9.96. The Morgan fingerprint density at radius 1 is 1.09 bits per heavy atom. The van der Waals surface area contributed by atoms with Crippen LogP contribution in [-0.2, 0) is 15.3 Å². The lowest BCUT2D eigenvalue weighted by Crippen LogP contribution is -2.30. The normalized spacial score (nSPS) is 15.5. The van der Waals surface area contributed by atoms with Crippen molar-refractivity contribution >= 4 is 38.8 Å². The zero-order chi connectivity index (χ0) is 24.0. The van der Waals surface area contributed by atoms with Crippen LogP contribution < -0.4 is 19.5 Å². The molecule has 1 aliphatic rings. The molecule has 7 nitrogen and oxygen atoms in total. The van der Waals surface area contributed by atoms with E-state index in [-0.39, 0.29) is 6.61 Å². The van der Waals surface area contributed by atoms with Gasteiger partial charge >= 0.3 is 5.97 Å². The van der Waals surface area contributed by atoms with E-state index in [1.54, 1.807) is 40.0 Å². The van der Waals surface area contributed by atoms with Crippen LogP contribution in [-0.4, -0.2) is 39.1 Å². The Kier molecular flexibility index (Phi) is 8.68. The Bertz CT molecular complexity index is 1040. The van der Waals surface area contributed by atoms with Gasteiger partial charge in [0.25, 0.3) is 0 Å². The van der Waals surface area contributed by atoms with Crippen molar-refractivity contribution in [1.29, 1.82) is 0 Å². The van der Waals surface area contributed by atoms with Gasteiger partial charge in [-0.2, -0.15) is 0 Å². The fourth-order valence-corrected chi connectivity index (χ4v) is 4.59. The molecule has 0 unspecified atom stereocenters.